The normalized spacial score (nSPS) is 20.7. The Bertz CT molecular complexity index is 1110. The Hall–Kier alpha value is -3.20. The number of ether oxygens (including phenoxy) is 1. The minimum Gasteiger partial charge on any atom is -0.377 e. The number of anilines is 2. The molecular weight excluding hydrogens is 444 g/mol. The molecule has 186 valence electrons. The summed E-state index contributed by atoms with van der Waals surface area (Å²) in [5, 5.41) is 5.55. The van der Waals surface area contributed by atoms with Gasteiger partial charge in [0.1, 0.15) is 5.82 Å². The van der Waals surface area contributed by atoms with Crippen LogP contribution in [0, 0.1) is 5.41 Å². The van der Waals surface area contributed by atoms with Gasteiger partial charge in [0.15, 0.2) is 5.82 Å². The summed E-state index contributed by atoms with van der Waals surface area (Å²) in [6.07, 6.45) is 2.70. The maximum Gasteiger partial charge on any atom is 0.319 e. The number of aromatic nitrogens is 2. The number of fused-ring (bicyclic) bond motifs is 1. The molecule has 0 bridgehead atoms. The third-order valence-electron chi connectivity index (χ3n) is 7.22. The quantitative estimate of drug-likeness (QED) is 0.685. The molecule has 0 spiro atoms. The molecule has 1 aliphatic carbocycles. The number of rotatable bonds is 5. The fraction of sp³-hybridized carbons (Fsp3) is 0.538. The summed E-state index contributed by atoms with van der Waals surface area (Å²) >= 11 is 0. The lowest BCUT2D eigenvalue weighted by Crippen LogP contribution is -2.46. The van der Waals surface area contributed by atoms with Crippen molar-refractivity contribution in [1.29, 1.82) is 0 Å². The summed E-state index contributed by atoms with van der Waals surface area (Å²) in [6, 6.07) is 7.54. The largest absolute Gasteiger partial charge is 0.377 e. The van der Waals surface area contributed by atoms with Crippen molar-refractivity contribution in [1.82, 2.24) is 20.2 Å². The summed E-state index contributed by atoms with van der Waals surface area (Å²) < 4.78 is 5.67. The molecule has 1 aromatic carbocycles. The van der Waals surface area contributed by atoms with Crippen molar-refractivity contribution in [3.8, 4) is 11.4 Å². The van der Waals surface area contributed by atoms with Crippen LogP contribution in [0.15, 0.2) is 24.3 Å². The van der Waals surface area contributed by atoms with E-state index in [0.717, 1.165) is 48.4 Å². The fourth-order valence-corrected chi connectivity index (χ4v) is 4.81. The monoisotopic (exact) mass is 478 g/mol. The zero-order valence-electron chi connectivity index (χ0n) is 20.8. The molecule has 2 fully saturated rings. The number of carbonyl (C=O) groups excluding carboxylic acids is 2. The van der Waals surface area contributed by atoms with Crippen molar-refractivity contribution in [2.45, 2.75) is 52.6 Å². The molecule has 1 saturated heterocycles. The van der Waals surface area contributed by atoms with Gasteiger partial charge in [-0.05, 0) is 57.4 Å². The molecule has 1 aromatic heterocycles. The van der Waals surface area contributed by atoms with Gasteiger partial charge in [-0.15, -0.1) is 0 Å². The van der Waals surface area contributed by atoms with Crippen LogP contribution < -0.4 is 15.5 Å². The summed E-state index contributed by atoms with van der Waals surface area (Å²) in [5.41, 5.74) is 3.45. The number of carbonyl (C=O) groups is 2. The number of morpholine rings is 1. The van der Waals surface area contributed by atoms with E-state index >= 15 is 0 Å². The van der Waals surface area contributed by atoms with Crippen LogP contribution in [-0.2, 0) is 22.5 Å². The van der Waals surface area contributed by atoms with Crippen molar-refractivity contribution < 1.29 is 14.3 Å². The highest BCUT2D eigenvalue weighted by Gasteiger charge is 2.47. The number of amides is 3. The average Bonchev–Trinajstić information content (AvgIpc) is 3.62. The smallest absolute Gasteiger partial charge is 0.319 e. The van der Waals surface area contributed by atoms with Gasteiger partial charge in [-0.2, -0.15) is 0 Å². The summed E-state index contributed by atoms with van der Waals surface area (Å²) in [6.45, 7) is 9.99. The Labute approximate surface area is 206 Å². The number of hydrogen-bond acceptors (Lipinski definition) is 6. The maximum atomic E-state index is 13.1. The van der Waals surface area contributed by atoms with Gasteiger partial charge in [0.2, 0.25) is 5.91 Å². The van der Waals surface area contributed by atoms with Crippen LogP contribution in [0.3, 0.4) is 0 Å². The predicted octanol–water partition coefficient (Wildman–Crippen LogP) is 3.19. The predicted molar refractivity (Wildman–Crippen MR) is 134 cm³/mol. The molecule has 5 rings (SSSR count). The van der Waals surface area contributed by atoms with Crippen molar-refractivity contribution in [3.05, 3.63) is 35.5 Å². The summed E-state index contributed by atoms with van der Waals surface area (Å²) in [4.78, 5) is 39.2. The van der Waals surface area contributed by atoms with Crippen molar-refractivity contribution in [3.63, 3.8) is 0 Å². The lowest BCUT2D eigenvalue weighted by atomic mass is 10.0. The van der Waals surface area contributed by atoms with Crippen LogP contribution in [0.5, 0.6) is 0 Å². The maximum absolute atomic E-state index is 13.1. The first-order valence-electron chi connectivity index (χ1n) is 12.6. The van der Waals surface area contributed by atoms with Crippen molar-refractivity contribution in [2.24, 2.45) is 5.41 Å². The van der Waals surface area contributed by atoms with E-state index in [2.05, 4.69) is 29.4 Å². The Morgan fingerprint density at radius 3 is 2.63 bits per heavy atom. The van der Waals surface area contributed by atoms with Crippen LogP contribution >= 0.6 is 0 Å². The average molecular weight is 479 g/mol. The minimum absolute atomic E-state index is 0.193. The molecule has 1 saturated carbocycles. The molecule has 35 heavy (non-hydrogen) atoms. The number of hydrogen-bond donors (Lipinski definition) is 2. The SMILES string of the molecule is CCNC(=O)Nc1ccc(-c2nc3c(c(N4CCOC[C@@H]4C)n2)CCN(C(=O)C2(C)CC2)C3)cc1. The van der Waals surface area contributed by atoms with Crippen LogP contribution in [0.25, 0.3) is 11.4 Å². The van der Waals surface area contributed by atoms with E-state index in [4.69, 9.17) is 14.7 Å². The zero-order chi connectivity index (χ0) is 24.6. The molecule has 0 unspecified atom stereocenters. The minimum atomic E-state index is -0.233. The van der Waals surface area contributed by atoms with E-state index < -0.39 is 0 Å². The van der Waals surface area contributed by atoms with Crippen LogP contribution in [0.4, 0.5) is 16.3 Å². The molecule has 1 atom stereocenters. The highest BCUT2D eigenvalue weighted by molar-refractivity contribution is 5.89. The standard InChI is InChI=1S/C26H34N6O3/c1-4-27-25(34)28-19-7-5-18(6-8-19)22-29-21-15-31(24(33)26(3)10-11-26)12-9-20(21)23(30-22)32-13-14-35-16-17(32)2/h5-8,17H,4,9-16H2,1-3H3,(H2,27,28,34)/t17-/m0/s1. The van der Waals surface area contributed by atoms with Gasteiger partial charge in [0.05, 0.1) is 31.5 Å². The molecule has 0 radical (unpaired) electrons. The van der Waals surface area contributed by atoms with E-state index in [-0.39, 0.29) is 23.4 Å². The van der Waals surface area contributed by atoms with Gasteiger partial charge in [0, 0.05) is 41.9 Å². The summed E-state index contributed by atoms with van der Waals surface area (Å²) in [7, 11) is 0. The number of benzene rings is 1. The van der Waals surface area contributed by atoms with Gasteiger partial charge in [-0.25, -0.2) is 14.8 Å². The zero-order valence-corrected chi connectivity index (χ0v) is 20.8. The van der Waals surface area contributed by atoms with Gasteiger partial charge >= 0.3 is 6.03 Å². The molecule has 3 amide bonds. The molecule has 9 nitrogen and oxygen atoms in total. The molecule has 2 aromatic rings. The number of nitrogens with one attached hydrogen (secondary N) is 2. The molecular formula is C26H34N6O3. The second kappa shape index (κ2) is 9.45. The van der Waals surface area contributed by atoms with Crippen LogP contribution in [0.2, 0.25) is 0 Å². The first-order valence-corrected chi connectivity index (χ1v) is 12.6. The second-order valence-corrected chi connectivity index (χ2v) is 10.0. The third-order valence-corrected chi connectivity index (χ3v) is 7.22. The Morgan fingerprint density at radius 2 is 1.94 bits per heavy atom. The van der Waals surface area contributed by atoms with Gasteiger partial charge in [-0.3, -0.25) is 4.79 Å². The van der Waals surface area contributed by atoms with Crippen LogP contribution in [-0.4, -0.2) is 65.7 Å². The lowest BCUT2D eigenvalue weighted by molar-refractivity contribution is -0.137. The van der Waals surface area contributed by atoms with Gasteiger partial charge in [0.25, 0.3) is 0 Å². The Balaban J connectivity index is 1.48. The van der Waals surface area contributed by atoms with Gasteiger partial charge in [-0.1, -0.05) is 6.92 Å². The highest BCUT2D eigenvalue weighted by Crippen LogP contribution is 2.47. The Morgan fingerprint density at radius 1 is 1.17 bits per heavy atom. The van der Waals surface area contributed by atoms with Gasteiger partial charge < -0.3 is 25.2 Å². The van der Waals surface area contributed by atoms with E-state index in [1.54, 1.807) is 0 Å². The fourth-order valence-electron chi connectivity index (χ4n) is 4.81. The number of urea groups is 1. The van der Waals surface area contributed by atoms with Crippen molar-refractivity contribution in [2.75, 3.05) is 43.1 Å². The lowest BCUT2D eigenvalue weighted by Gasteiger charge is -2.38. The molecule has 3 heterocycles. The topological polar surface area (TPSA) is 99.7 Å². The Kier molecular flexibility index (Phi) is 6.35. The van der Waals surface area contributed by atoms with E-state index in [9.17, 15) is 9.59 Å². The second-order valence-electron chi connectivity index (χ2n) is 10.0. The van der Waals surface area contributed by atoms with E-state index in [0.29, 0.717) is 44.4 Å². The molecule has 2 N–H and O–H groups in total. The molecule has 3 aliphatic rings. The summed E-state index contributed by atoms with van der Waals surface area (Å²) in [5.74, 6) is 1.83. The highest BCUT2D eigenvalue weighted by atomic mass is 16.5. The van der Waals surface area contributed by atoms with Crippen LogP contribution in [0.1, 0.15) is 44.9 Å². The number of nitrogens with zero attached hydrogens (tertiary/aromatic N) is 4. The van der Waals surface area contributed by atoms with E-state index in [1.807, 2.05) is 36.1 Å². The molecule has 2 aliphatic heterocycles. The third kappa shape index (κ3) is 4.82. The van der Waals surface area contributed by atoms with E-state index in [1.165, 1.54) is 0 Å². The first kappa shape index (κ1) is 23.5. The molecule has 9 heteroatoms. The first-order chi connectivity index (χ1) is 16.9. The van der Waals surface area contributed by atoms with Crippen molar-refractivity contribution >= 4 is 23.4 Å².